The lowest BCUT2D eigenvalue weighted by atomic mass is 10.0. The molecule has 0 spiro atoms. The Hall–Kier alpha value is -2.74. The second-order valence-corrected chi connectivity index (χ2v) is 7.72. The number of nitrogens with zero attached hydrogens (tertiary/aromatic N) is 4. The fourth-order valence-electron chi connectivity index (χ4n) is 4.40. The number of aryl methyl sites for hydroxylation is 1. The highest BCUT2D eigenvalue weighted by atomic mass is 16.5. The Morgan fingerprint density at radius 3 is 2.66 bits per heavy atom. The predicted molar refractivity (Wildman–Crippen MR) is 106 cm³/mol. The fraction of sp³-hybridized carbons (Fsp3) is 0.524. The SMILES string of the molecule is CCN(Cc1noc(C)n1)C(=O)CC1C(=O)NCCN1C1Cc2ccccc2C1. The van der Waals surface area contributed by atoms with Gasteiger partial charge in [0.1, 0.15) is 0 Å². The van der Waals surface area contributed by atoms with Crippen LogP contribution in [0, 0.1) is 6.92 Å². The van der Waals surface area contributed by atoms with E-state index in [1.54, 1.807) is 11.8 Å². The molecular weight excluding hydrogens is 370 g/mol. The first-order valence-electron chi connectivity index (χ1n) is 10.2. The van der Waals surface area contributed by atoms with E-state index in [1.165, 1.54) is 11.1 Å². The molecule has 1 aromatic heterocycles. The average Bonchev–Trinajstić information content (AvgIpc) is 3.33. The maximum Gasteiger partial charge on any atom is 0.237 e. The van der Waals surface area contributed by atoms with Gasteiger partial charge in [-0.25, -0.2) is 0 Å². The topological polar surface area (TPSA) is 91.6 Å². The van der Waals surface area contributed by atoms with E-state index in [9.17, 15) is 9.59 Å². The lowest BCUT2D eigenvalue weighted by Crippen LogP contribution is -2.59. The largest absolute Gasteiger partial charge is 0.353 e. The minimum absolute atomic E-state index is 0.0629. The van der Waals surface area contributed by atoms with E-state index in [2.05, 4.69) is 44.6 Å². The van der Waals surface area contributed by atoms with Crippen LogP contribution in [0.4, 0.5) is 0 Å². The zero-order valence-corrected chi connectivity index (χ0v) is 16.9. The molecule has 8 heteroatoms. The molecule has 1 aromatic carbocycles. The van der Waals surface area contributed by atoms with Crippen LogP contribution in [-0.2, 0) is 29.0 Å². The van der Waals surface area contributed by atoms with Gasteiger partial charge in [-0.2, -0.15) is 4.98 Å². The number of amides is 2. The second-order valence-electron chi connectivity index (χ2n) is 7.72. The van der Waals surface area contributed by atoms with E-state index in [-0.39, 0.29) is 30.8 Å². The van der Waals surface area contributed by atoms with Gasteiger partial charge >= 0.3 is 0 Å². The van der Waals surface area contributed by atoms with Crippen LogP contribution in [0.5, 0.6) is 0 Å². The van der Waals surface area contributed by atoms with Gasteiger partial charge in [-0.05, 0) is 30.9 Å². The summed E-state index contributed by atoms with van der Waals surface area (Å²) in [6.45, 7) is 5.83. The smallest absolute Gasteiger partial charge is 0.237 e. The number of carbonyl (C=O) groups is 2. The Bertz CT molecular complexity index is 871. The molecule has 1 aliphatic carbocycles. The number of benzene rings is 1. The molecule has 4 rings (SSSR count). The molecule has 1 saturated heterocycles. The highest BCUT2D eigenvalue weighted by Crippen LogP contribution is 2.28. The van der Waals surface area contributed by atoms with Gasteiger partial charge in [-0.3, -0.25) is 14.5 Å². The number of piperazine rings is 1. The molecule has 1 unspecified atom stereocenters. The molecule has 2 aliphatic rings. The summed E-state index contributed by atoms with van der Waals surface area (Å²) in [6, 6.07) is 8.24. The standard InChI is InChI=1S/C21H27N5O3/c1-3-25(13-19-23-14(2)29-24-19)20(27)12-18-21(28)22-8-9-26(18)17-10-15-6-4-5-7-16(15)11-17/h4-7,17-18H,3,8-13H2,1-2H3,(H,22,28). The van der Waals surface area contributed by atoms with Crippen LogP contribution >= 0.6 is 0 Å². The highest BCUT2D eigenvalue weighted by molar-refractivity contribution is 5.89. The number of nitrogens with one attached hydrogen (secondary N) is 1. The van der Waals surface area contributed by atoms with Gasteiger partial charge in [0.15, 0.2) is 5.82 Å². The van der Waals surface area contributed by atoms with E-state index >= 15 is 0 Å². The molecule has 1 N–H and O–H groups in total. The molecule has 1 atom stereocenters. The van der Waals surface area contributed by atoms with Crippen LogP contribution in [0.15, 0.2) is 28.8 Å². The van der Waals surface area contributed by atoms with Gasteiger partial charge in [0.05, 0.1) is 19.0 Å². The molecule has 0 bridgehead atoms. The summed E-state index contributed by atoms with van der Waals surface area (Å²) in [7, 11) is 0. The Morgan fingerprint density at radius 1 is 1.31 bits per heavy atom. The number of rotatable bonds is 6. The lowest BCUT2D eigenvalue weighted by molar-refractivity contribution is -0.140. The van der Waals surface area contributed by atoms with Crippen molar-refractivity contribution in [2.45, 2.75) is 51.7 Å². The van der Waals surface area contributed by atoms with Crippen molar-refractivity contribution in [2.75, 3.05) is 19.6 Å². The zero-order chi connectivity index (χ0) is 20.4. The summed E-state index contributed by atoms with van der Waals surface area (Å²) < 4.78 is 5.00. The van der Waals surface area contributed by atoms with Crippen molar-refractivity contribution in [1.82, 2.24) is 25.3 Å². The maximum atomic E-state index is 13.0. The van der Waals surface area contributed by atoms with Gasteiger partial charge in [0.2, 0.25) is 17.7 Å². The van der Waals surface area contributed by atoms with Crippen LogP contribution < -0.4 is 5.32 Å². The minimum atomic E-state index is -0.448. The minimum Gasteiger partial charge on any atom is -0.353 e. The number of hydrogen-bond donors (Lipinski definition) is 1. The molecule has 8 nitrogen and oxygen atoms in total. The van der Waals surface area contributed by atoms with Gasteiger partial charge in [-0.15, -0.1) is 0 Å². The zero-order valence-electron chi connectivity index (χ0n) is 16.9. The van der Waals surface area contributed by atoms with Crippen LogP contribution in [0.2, 0.25) is 0 Å². The summed E-state index contributed by atoms with van der Waals surface area (Å²) >= 11 is 0. The molecule has 0 radical (unpaired) electrons. The fourth-order valence-corrected chi connectivity index (χ4v) is 4.40. The Balaban J connectivity index is 1.45. The van der Waals surface area contributed by atoms with Crippen LogP contribution in [0.3, 0.4) is 0 Å². The Morgan fingerprint density at radius 2 is 2.03 bits per heavy atom. The third-order valence-electron chi connectivity index (χ3n) is 5.88. The van der Waals surface area contributed by atoms with Crippen molar-refractivity contribution >= 4 is 11.8 Å². The first kappa shape index (κ1) is 19.6. The van der Waals surface area contributed by atoms with E-state index < -0.39 is 6.04 Å². The summed E-state index contributed by atoms with van der Waals surface area (Å²) in [5, 5.41) is 6.81. The van der Waals surface area contributed by atoms with Crippen molar-refractivity contribution in [2.24, 2.45) is 0 Å². The lowest BCUT2D eigenvalue weighted by Gasteiger charge is -2.39. The first-order chi connectivity index (χ1) is 14.0. The number of hydrogen-bond acceptors (Lipinski definition) is 6. The quantitative estimate of drug-likeness (QED) is 0.784. The molecule has 0 saturated carbocycles. The Labute approximate surface area is 170 Å². The summed E-state index contributed by atoms with van der Waals surface area (Å²) in [4.78, 5) is 33.8. The molecule has 1 fully saturated rings. The second kappa shape index (κ2) is 8.32. The molecule has 2 amide bonds. The molecule has 1 aliphatic heterocycles. The average molecular weight is 397 g/mol. The van der Waals surface area contributed by atoms with E-state index in [0.717, 1.165) is 19.4 Å². The van der Waals surface area contributed by atoms with Gasteiger partial charge in [0, 0.05) is 32.6 Å². The summed E-state index contributed by atoms with van der Waals surface area (Å²) in [5.74, 6) is 0.820. The summed E-state index contributed by atoms with van der Waals surface area (Å²) in [5.41, 5.74) is 2.69. The van der Waals surface area contributed by atoms with Gasteiger partial charge in [-0.1, -0.05) is 29.4 Å². The van der Waals surface area contributed by atoms with E-state index in [4.69, 9.17) is 4.52 Å². The molecule has 2 heterocycles. The maximum absolute atomic E-state index is 13.0. The molecule has 29 heavy (non-hydrogen) atoms. The highest BCUT2D eigenvalue weighted by Gasteiger charge is 2.38. The normalized spacial score (nSPS) is 19.8. The van der Waals surface area contributed by atoms with Crippen molar-refractivity contribution < 1.29 is 14.1 Å². The monoisotopic (exact) mass is 397 g/mol. The third-order valence-corrected chi connectivity index (χ3v) is 5.88. The molecule has 154 valence electrons. The first-order valence-corrected chi connectivity index (χ1v) is 10.2. The predicted octanol–water partition coefficient (Wildman–Crippen LogP) is 1.08. The van der Waals surface area contributed by atoms with Crippen molar-refractivity contribution in [3.8, 4) is 0 Å². The van der Waals surface area contributed by atoms with Crippen LogP contribution in [0.1, 0.15) is 36.2 Å². The summed E-state index contributed by atoms with van der Waals surface area (Å²) in [6.07, 6.45) is 2.00. The van der Waals surface area contributed by atoms with Gasteiger partial charge in [0.25, 0.3) is 0 Å². The Kier molecular flexibility index (Phi) is 5.62. The van der Waals surface area contributed by atoms with Crippen molar-refractivity contribution in [1.29, 1.82) is 0 Å². The number of aromatic nitrogens is 2. The van der Waals surface area contributed by atoms with Crippen LogP contribution in [-0.4, -0.2) is 63.5 Å². The van der Waals surface area contributed by atoms with Crippen molar-refractivity contribution in [3.63, 3.8) is 0 Å². The van der Waals surface area contributed by atoms with E-state index in [0.29, 0.717) is 24.8 Å². The van der Waals surface area contributed by atoms with Crippen LogP contribution in [0.25, 0.3) is 0 Å². The van der Waals surface area contributed by atoms with Crippen molar-refractivity contribution in [3.05, 3.63) is 47.1 Å². The molecular formula is C21H27N5O3. The van der Waals surface area contributed by atoms with Gasteiger partial charge < -0.3 is 14.7 Å². The van der Waals surface area contributed by atoms with E-state index in [1.807, 2.05) is 6.92 Å². The number of carbonyl (C=O) groups excluding carboxylic acids is 2. The number of fused-ring (bicyclic) bond motifs is 1. The third kappa shape index (κ3) is 4.17. The molecule has 2 aromatic rings.